The molecule has 44 valence electrons. The SMILES string of the molecule is O.O=S(=O)([O-])[O-].[Ca+2].[CaH2]. The minimum absolute atomic E-state index is 0. The Morgan fingerprint density at radius 2 is 1.12 bits per heavy atom. The summed E-state index contributed by atoms with van der Waals surface area (Å²) < 4.78 is 34.1. The van der Waals surface area contributed by atoms with Gasteiger partial charge in [-0.05, 0) is 0 Å². The molecule has 0 aliphatic carbocycles. The Labute approximate surface area is 107 Å². The molecule has 0 aliphatic heterocycles. The van der Waals surface area contributed by atoms with Crippen LogP contribution in [0.1, 0.15) is 0 Å². The molecule has 0 atom stereocenters. The van der Waals surface area contributed by atoms with Gasteiger partial charge in [-0.15, -0.1) is 0 Å². The van der Waals surface area contributed by atoms with E-state index in [-0.39, 0.29) is 81.0 Å². The number of hydrogen-bond donors (Lipinski definition) is 0. The van der Waals surface area contributed by atoms with E-state index in [0.717, 1.165) is 0 Å². The van der Waals surface area contributed by atoms with Crippen molar-refractivity contribution in [2.24, 2.45) is 0 Å². The molecule has 8 heteroatoms. The summed E-state index contributed by atoms with van der Waals surface area (Å²) in [5.41, 5.74) is 0. The maximum absolute atomic E-state index is 8.52. The van der Waals surface area contributed by atoms with Gasteiger partial charge in [-0.2, -0.15) is 0 Å². The molecule has 0 unspecified atom stereocenters. The molecule has 5 nitrogen and oxygen atoms in total. The molecule has 0 rings (SSSR count). The fourth-order valence-electron chi connectivity index (χ4n) is 0. The van der Waals surface area contributed by atoms with Crippen LogP contribution in [-0.4, -0.2) is 98.5 Å². The van der Waals surface area contributed by atoms with Crippen LogP contribution in [0.25, 0.3) is 0 Å². The second-order valence-corrected chi connectivity index (χ2v) is 1.22. The predicted molar refractivity (Wildman–Crippen MR) is 28.4 cm³/mol. The molecule has 0 saturated heterocycles. The summed E-state index contributed by atoms with van der Waals surface area (Å²) >= 11 is 0. The first-order valence-electron chi connectivity index (χ1n) is 0.667. The molecule has 0 aliphatic rings. The zero-order valence-corrected chi connectivity index (χ0v) is 6.27. The standard InChI is InChI=1S/2Ca.H2O4S.H2O.2H/c;;1-5(2,3)4;;;/h;;(H2,1,2,3,4);1H2;;/q;+2;;;;/p-2. The van der Waals surface area contributed by atoms with Crippen LogP contribution in [0.2, 0.25) is 0 Å². The summed E-state index contributed by atoms with van der Waals surface area (Å²) in [7, 11) is -5.17. The molecule has 0 fully saturated rings. The van der Waals surface area contributed by atoms with Gasteiger partial charge >= 0.3 is 75.5 Å². The summed E-state index contributed by atoms with van der Waals surface area (Å²) in [6.07, 6.45) is 0. The predicted octanol–water partition coefficient (Wildman–Crippen LogP) is -3.46. The van der Waals surface area contributed by atoms with E-state index in [1.807, 2.05) is 0 Å². The van der Waals surface area contributed by atoms with Gasteiger partial charge in [0, 0.05) is 10.4 Å². The third kappa shape index (κ3) is 81.7. The third-order valence-electron chi connectivity index (χ3n) is 0. The first kappa shape index (κ1) is 22.4. The molecule has 0 bridgehead atoms. The van der Waals surface area contributed by atoms with Gasteiger partial charge in [-0.1, -0.05) is 0 Å². The number of rotatable bonds is 0. The Morgan fingerprint density at radius 3 is 1.12 bits per heavy atom. The van der Waals surface area contributed by atoms with Gasteiger partial charge in [0.15, 0.2) is 0 Å². The molecule has 0 heterocycles. The molecule has 0 spiro atoms. The van der Waals surface area contributed by atoms with Crippen molar-refractivity contribution in [1.82, 2.24) is 0 Å². The maximum atomic E-state index is 8.52. The Hall–Kier alpha value is 2.35. The van der Waals surface area contributed by atoms with Crippen molar-refractivity contribution < 1.29 is 23.0 Å². The van der Waals surface area contributed by atoms with Crippen LogP contribution in [0.5, 0.6) is 0 Å². The molecule has 0 saturated carbocycles. The molecular formula is H4Ca2O5S. The Bertz CT molecular complexity index is 93.6. The van der Waals surface area contributed by atoms with E-state index < -0.39 is 10.4 Å². The Kier molecular flexibility index (Phi) is 26.2. The molecule has 0 aromatic carbocycles. The monoisotopic (exact) mass is 196 g/mol. The normalized spacial score (nSPS) is 7.25. The van der Waals surface area contributed by atoms with Crippen LogP contribution in [0.4, 0.5) is 0 Å². The molecule has 2 N–H and O–H groups in total. The first-order valence-corrected chi connectivity index (χ1v) is 2.00. The second kappa shape index (κ2) is 9.35. The van der Waals surface area contributed by atoms with Gasteiger partial charge in [0.2, 0.25) is 0 Å². The summed E-state index contributed by atoms with van der Waals surface area (Å²) in [6.45, 7) is 0. The van der Waals surface area contributed by atoms with Crippen molar-refractivity contribution in [3.8, 4) is 0 Å². The van der Waals surface area contributed by atoms with E-state index >= 15 is 0 Å². The summed E-state index contributed by atoms with van der Waals surface area (Å²) in [4.78, 5) is 0. The number of hydrogen-bond acceptors (Lipinski definition) is 4. The molecule has 0 aromatic heterocycles. The van der Waals surface area contributed by atoms with Crippen molar-refractivity contribution in [2.75, 3.05) is 0 Å². The third-order valence-corrected chi connectivity index (χ3v) is 0. The van der Waals surface area contributed by atoms with Crippen LogP contribution in [0.3, 0.4) is 0 Å². The summed E-state index contributed by atoms with van der Waals surface area (Å²) in [6, 6.07) is 0. The molecule has 8 heavy (non-hydrogen) atoms. The van der Waals surface area contributed by atoms with Crippen molar-refractivity contribution in [1.29, 1.82) is 0 Å². The zero-order chi connectivity index (χ0) is 4.50. The van der Waals surface area contributed by atoms with Gasteiger partial charge in [0.1, 0.15) is 0 Å². The van der Waals surface area contributed by atoms with Crippen molar-refractivity contribution in [2.45, 2.75) is 0 Å². The van der Waals surface area contributed by atoms with E-state index in [1.54, 1.807) is 0 Å². The quantitative estimate of drug-likeness (QED) is 0.228. The van der Waals surface area contributed by atoms with Gasteiger partial charge < -0.3 is 14.6 Å². The molecule has 0 amide bonds. The van der Waals surface area contributed by atoms with E-state index in [4.69, 9.17) is 17.5 Å². The van der Waals surface area contributed by atoms with Crippen LogP contribution in [0.15, 0.2) is 0 Å². The fourth-order valence-corrected chi connectivity index (χ4v) is 0. The van der Waals surface area contributed by atoms with Crippen LogP contribution < -0.4 is 0 Å². The molecule has 0 radical (unpaired) electrons. The van der Waals surface area contributed by atoms with E-state index in [9.17, 15) is 0 Å². The van der Waals surface area contributed by atoms with Crippen LogP contribution in [0, 0.1) is 0 Å². The van der Waals surface area contributed by atoms with Crippen LogP contribution in [-0.2, 0) is 10.4 Å². The summed E-state index contributed by atoms with van der Waals surface area (Å²) in [5, 5.41) is 0. The fraction of sp³-hybridized carbons (Fsp3) is 0. The van der Waals surface area contributed by atoms with Gasteiger partial charge in [-0.25, -0.2) is 0 Å². The molecule has 0 aromatic rings. The minimum atomic E-state index is -5.17. The average Bonchev–Trinajstić information content (AvgIpc) is 0.722. The van der Waals surface area contributed by atoms with Crippen molar-refractivity contribution in [3.05, 3.63) is 0 Å². The van der Waals surface area contributed by atoms with Gasteiger partial charge in [-0.3, -0.25) is 8.42 Å². The van der Waals surface area contributed by atoms with Crippen molar-refractivity contribution in [3.63, 3.8) is 0 Å². The van der Waals surface area contributed by atoms with Gasteiger partial charge in [0.05, 0.1) is 0 Å². The second-order valence-electron chi connectivity index (χ2n) is 0.408. The van der Waals surface area contributed by atoms with E-state index in [2.05, 4.69) is 0 Å². The zero-order valence-electron chi connectivity index (χ0n) is 3.25. The van der Waals surface area contributed by atoms with Gasteiger partial charge in [0.25, 0.3) is 0 Å². The average molecular weight is 196 g/mol. The van der Waals surface area contributed by atoms with Crippen LogP contribution >= 0.6 is 0 Å². The van der Waals surface area contributed by atoms with E-state index in [1.165, 1.54) is 0 Å². The molecular weight excluding hydrogens is 192 g/mol. The summed E-state index contributed by atoms with van der Waals surface area (Å²) in [5.74, 6) is 0. The first-order chi connectivity index (χ1) is 2.00. The van der Waals surface area contributed by atoms with E-state index in [0.29, 0.717) is 0 Å². The topological polar surface area (TPSA) is 112 Å². The Balaban J connectivity index is -0.0000000267. The van der Waals surface area contributed by atoms with Crippen molar-refractivity contribution >= 4 is 85.9 Å². The Morgan fingerprint density at radius 1 is 1.12 bits per heavy atom.